The predicted molar refractivity (Wildman–Crippen MR) is 79.4 cm³/mol. The molecule has 1 heterocycles. The molecule has 4 heteroatoms. The standard InChI is InChI=1S/C17H17F2NO/c1-12(21)17-15(3-2-8-18)10-14(11-20-17)9-13-4-6-16(19)7-5-13/h4-7,10-11,21H,1-3,8-9H2. The Morgan fingerprint density at radius 3 is 2.52 bits per heavy atom. The van der Waals surface area contributed by atoms with Gasteiger partial charge in [0.05, 0.1) is 6.67 Å². The number of benzene rings is 1. The normalized spacial score (nSPS) is 10.6. The lowest BCUT2D eigenvalue weighted by molar-refractivity contribution is 0.471. The van der Waals surface area contributed by atoms with E-state index in [0.29, 0.717) is 25.0 Å². The molecule has 0 fully saturated rings. The molecule has 0 aliphatic carbocycles. The van der Waals surface area contributed by atoms with Crippen molar-refractivity contribution in [3.63, 3.8) is 0 Å². The second-order valence-electron chi connectivity index (χ2n) is 4.89. The van der Waals surface area contributed by atoms with Crippen molar-refractivity contribution < 1.29 is 13.9 Å². The van der Waals surface area contributed by atoms with E-state index in [2.05, 4.69) is 11.6 Å². The Hall–Kier alpha value is -2.23. The summed E-state index contributed by atoms with van der Waals surface area (Å²) in [5.74, 6) is -0.385. The van der Waals surface area contributed by atoms with Crippen molar-refractivity contribution in [2.75, 3.05) is 6.67 Å². The Bertz CT molecular complexity index is 623. The number of nitrogens with zero attached hydrogens (tertiary/aromatic N) is 1. The largest absolute Gasteiger partial charge is 0.506 e. The zero-order chi connectivity index (χ0) is 15.2. The van der Waals surface area contributed by atoms with E-state index in [0.717, 1.165) is 16.7 Å². The second-order valence-corrected chi connectivity index (χ2v) is 4.89. The summed E-state index contributed by atoms with van der Waals surface area (Å²) in [7, 11) is 0. The Balaban J connectivity index is 2.23. The number of aliphatic hydroxyl groups is 1. The van der Waals surface area contributed by atoms with E-state index in [1.54, 1.807) is 18.3 Å². The molecule has 2 rings (SSSR count). The van der Waals surface area contributed by atoms with E-state index in [1.807, 2.05) is 6.07 Å². The Morgan fingerprint density at radius 1 is 1.19 bits per heavy atom. The minimum absolute atomic E-state index is 0.114. The predicted octanol–water partition coefficient (Wildman–Crippen LogP) is 4.24. The summed E-state index contributed by atoms with van der Waals surface area (Å²) in [4.78, 5) is 4.20. The van der Waals surface area contributed by atoms with E-state index in [1.165, 1.54) is 12.1 Å². The molecular weight excluding hydrogens is 272 g/mol. The molecule has 0 radical (unpaired) electrons. The average molecular weight is 289 g/mol. The molecule has 0 aliphatic rings. The number of hydrogen-bond donors (Lipinski definition) is 1. The second kappa shape index (κ2) is 6.97. The molecule has 1 N–H and O–H groups in total. The van der Waals surface area contributed by atoms with Crippen LogP contribution in [0.25, 0.3) is 5.76 Å². The molecule has 1 aromatic heterocycles. The first kappa shape index (κ1) is 15.2. The van der Waals surface area contributed by atoms with Crippen molar-refractivity contribution in [2.24, 2.45) is 0 Å². The van der Waals surface area contributed by atoms with Crippen molar-refractivity contribution in [1.82, 2.24) is 4.98 Å². The van der Waals surface area contributed by atoms with Crippen LogP contribution in [-0.2, 0) is 12.8 Å². The first-order valence-corrected chi connectivity index (χ1v) is 6.76. The third-order valence-corrected chi connectivity index (χ3v) is 3.20. The van der Waals surface area contributed by atoms with E-state index >= 15 is 0 Å². The van der Waals surface area contributed by atoms with E-state index < -0.39 is 6.67 Å². The number of alkyl halides is 1. The van der Waals surface area contributed by atoms with Gasteiger partial charge in [-0.15, -0.1) is 0 Å². The lowest BCUT2D eigenvalue weighted by Crippen LogP contribution is -2.01. The highest BCUT2D eigenvalue weighted by Crippen LogP contribution is 2.19. The number of aryl methyl sites for hydroxylation is 1. The van der Waals surface area contributed by atoms with Crippen LogP contribution in [0.4, 0.5) is 8.78 Å². The van der Waals surface area contributed by atoms with Crippen LogP contribution in [0.15, 0.2) is 43.1 Å². The van der Waals surface area contributed by atoms with Crippen LogP contribution in [0, 0.1) is 5.82 Å². The summed E-state index contributed by atoms with van der Waals surface area (Å²) in [6.07, 6.45) is 3.13. The van der Waals surface area contributed by atoms with Gasteiger partial charge in [-0.1, -0.05) is 24.8 Å². The summed E-state index contributed by atoms with van der Waals surface area (Å²) in [5.41, 5.74) is 3.08. The molecule has 0 unspecified atom stereocenters. The molecule has 0 saturated carbocycles. The molecular formula is C17H17F2NO. The maximum Gasteiger partial charge on any atom is 0.134 e. The molecule has 1 aromatic carbocycles. The summed E-state index contributed by atoms with van der Waals surface area (Å²) < 4.78 is 25.2. The van der Waals surface area contributed by atoms with Gasteiger partial charge in [-0.05, 0) is 48.1 Å². The average Bonchev–Trinajstić information content (AvgIpc) is 2.47. The molecule has 0 amide bonds. The molecule has 2 aromatic rings. The number of aromatic nitrogens is 1. The Morgan fingerprint density at radius 2 is 1.90 bits per heavy atom. The van der Waals surface area contributed by atoms with E-state index in [9.17, 15) is 13.9 Å². The number of rotatable bonds is 6. The minimum Gasteiger partial charge on any atom is -0.506 e. The van der Waals surface area contributed by atoms with Crippen LogP contribution >= 0.6 is 0 Å². The fraction of sp³-hybridized carbons (Fsp3) is 0.235. The maximum atomic E-state index is 12.9. The van der Waals surface area contributed by atoms with Gasteiger partial charge in [0, 0.05) is 6.20 Å². The molecule has 2 nitrogen and oxygen atoms in total. The molecule has 0 aliphatic heterocycles. The van der Waals surface area contributed by atoms with Crippen molar-refractivity contribution in [3.05, 3.63) is 71.3 Å². The van der Waals surface area contributed by atoms with E-state index in [-0.39, 0.29) is 11.6 Å². The van der Waals surface area contributed by atoms with Crippen molar-refractivity contribution in [3.8, 4) is 0 Å². The molecule has 0 bridgehead atoms. The van der Waals surface area contributed by atoms with Gasteiger partial charge < -0.3 is 5.11 Å². The quantitative estimate of drug-likeness (QED) is 0.807. The third kappa shape index (κ3) is 4.12. The lowest BCUT2D eigenvalue weighted by atomic mass is 10.0. The molecule has 0 spiro atoms. The first-order chi connectivity index (χ1) is 10.1. The monoisotopic (exact) mass is 289 g/mol. The summed E-state index contributed by atoms with van der Waals surface area (Å²) in [6.45, 7) is 3.06. The molecule has 21 heavy (non-hydrogen) atoms. The number of pyridine rings is 1. The van der Waals surface area contributed by atoms with Gasteiger partial charge in [0.15, 0.2) is 0 Å². The third-order valence-electron chi connectivity index (χ3n) is 3.20. The van der Waals surface area contributed by atoms with Gasteiger partial charge in [0.2, 0.25) is 0 Å². The Labute approximate surface area is 122 Å². The highest BCUT2D eigenvalue weighted by molar-refractivity contribution is 5.56. The van der Waals surface area contributed by atoms with Crippen LogP contribution in [-0.4, -0.2) is 16.8 Å². The minimum atomic E-state index is -0.417. The van der Waals surface area contributed by atoms with Gasteiger partial charge in [-0.2, -0.15) is 0 Å². The van der Waals surface area contributed by atoms with Crippen molar-refractivity contribution in [2.45, 2.75) is 19.3 Å². The first-order valence-electron chi connectivity index (χ1n) is 6.76. The van der Waals surface area contributed by atoms with Crippen LogP contribution in [0.3, 0.4) is 0 Å². The number of hydrogen-bond acceptors (Lipinski definition) is 2. The molecule has 0 saturated heterocycles. The zero-order valence-corrected chi connectivity index (χ0v) is 11.6. The van der Waals surface area contributed by atoms with Gasteiger partial charge in [-0.3, -0.25) is 9.37 Å². The van der Waals surface area contributed by atoms with Gasteiger partial charge >= 0.3 is 0 Å². The van der Waals surface area contributed by atoms with Crippen LogP contribution in [0.1, 0.15) is 28.8 Å². The maximum absolute atomic E-state index is 12.9. The summed E-state index contributed by atoms with van der Waals surface area (Å²) in [5, 5.41) is 9.52. The van der Waals surface area contributed by atoms with Crippen molar-refractivity contribution >= 4 is 5.76 Å². The van der Waals surface area contributed by atoms with Crippen LogP contribution in [0.5, 0.6) is 0 Å². The number of aliphatic hydroxyl groups excluding tert-OH is 1. The highest BCUT2D eigenvalue weighted by Gasteiger charge is 2.09. The lowest BCUT2D eigenvalue weighted by Gasteiger charge is -2.10. The highest BCUT2D eigenvalue weighted by atomic mass is 19.1. The summed E-state index contributed by atoms with van der Waals surface area (Å²) in [6, 6.07) is 8.15. The van der Waals surface area contributed by atoms with Gasteiger partial charge in [0.25, 0.3) is 0 Å². The van der Waals surface area contributed by atoms with Gasteiger partial charge in [-0.25, -0.2) is 4.39 Å². The topological polar surface area (TPSA) is 33.1 Å². The smallest absolute Gasteiger partial charge is 0.134 e. The fourth-order valence-electron chi connectivity index (χ4n) is 2.20. The summed E-state index contributed by atoms with van der Waals surface area (Å²) >= 11 is 0. The zero-order valence-electron chi connectivity index (χ0n) is 11.6. The van der Waals surface area contributed by atoms with Crippen molar-refractivity contribution in [1.29, 1.82) is 0 Å². The fourth-order valence-corrected chi connectivity index (χ4v) is 2.20. The molecule has 0 atom stereocenters. The van der Waals surface area contributed by atoms with Gasteiger partial charge in [0.1, 0.15) is 17.3 Å². The number of halogens is 2. The molecule has 110 valence electrons. The SMILES string of the molecule is C=C(O)c1ncc(Cc2ccc(F)cc2)cc1CCCF. The van der Waals surface area contributed by atoms with Crippen LogP contribution in [0.2, 0.25) is 0 Å². The van der Waals surface area contributed by atoms with Crippen LogP contribution < -0.4 is 0 Å². The Kier molecular flexibility index (Phi) is 5.04. The van der Waals surface area contributed by atoms with E-state index in [4.69, 9.17) is 0 Å².